The monoisotopic (exact) mass is 256 g/mol. The summed E-state index contributed by atoms with van der Waals surface area (Å²) in [7, 11) is 0. The molecule has 0 atom stereocenters. The van der Waals surface area contributed by atoms with E-state index >= 15 is 0 Å². The van der Waals surface area contributed by atoms with Gasteiger partial charge in [-0.2, -0.15) is 0 Å². The number of pyridine rings is 1. The molecule has 16 heavy (non-hydrogen) atoms. The molecule has 2 nitrogen and oxygen atoms in total. The largest absolute Gasteiger partial charge is 0.397 e. The van der Waals surface area contributed by atoms with E-state index in [0.717, 1.165) is 6.20 Å². The maximum absolute atomic E-state index is 12.8. The zero-order valence-electron chi connectivity index (χ0n) is 8.05. The number of hydrogen-bond acceptors (Lipinski definition) is 2. The van der Waals surface area contributed by atoms with Gasteiger partial charge in [-0.1, -0.05) is 29.3 Å². The van der Waals surface area contributed by atoms with E-state index in [1.54, 1.807) is 18.2 Å². The van der Waals surface area contributed by atoms with Crippen LogP contribution in [0.25, 0.3) is 11.3 Å². The van der Waals surface area contributed by atoms with E-state index in [2.05, 4.69) is 4.98 Å². The van der Waals surface area contributed by atoms with E-state index in [1.807, 2.05) is 0 Å². The molecular weight excluding hydrogens is 250 g/mol. The minimum atomic E-state index is -0.471. The van der Waals surface area contributed by atoms with Crippen LogP contribution >= 0.6 is 23.2 Å². The van der Waals surface area contributed by atoms with E-state index < -0.39 is 5.82 Å². The van der Waals surface area contributed by atoms with Gasteiger partial charge in [0.25, 0.3) is 0 Å². The summed E-state index contributed by atoms with van der Waals surface area (Å²) < 4.78 is 12.8. The first-order valence-corrected chi connectivity index (χ1v) is 5.20. The molecule has 0 spiro atoms. The quantitative estimate of drug-likeness (QED) is 0.844. The van der Waals surface area contributed by atoms with Crippen LogP contribution in [0.3, 0.4) is 0 Å². The smallest absolute Gasteiger partial charge is 0.143 e. The van der Waals surface area contributed by atoms with Gasteiger partial charge in [0.2, 0.25) is 0 Å². The fourth-order valence-electron chi connectivity index (χ4n) is 1.34. The van der Waals surface area contributed by atoms with Gasteiger partial charge in [0.1, 0.15) is 5.82 Å². The predicted molar refractivity (Wildman–Crippen MR) is 64.1 cm³/mol. The van der Waals surface area contributed by atoms with Crippen LogP contribution in [0.1, 0.15) is 0 Å². The van der Waals surface area contributed by atoms with Crippen LogP contribution in [0.4, 0.5) is 10.1 Å². The van der Waals surface area contributed by atoms with Crippen LogP contribution in [0, 0.1) is 5.82 Å². The van der Waals surface area contributed by atoms with Gasteiger partial charge in [-0.15, -0.1) is 0 Å². The van der Waals surface area contributed by atoms with Gasteiger partial charge in [-0.3, -0.25) is 4.98 Å². The highest BCUT2D eigenvalue weighted by Gasteiger charge is 2.07. The lowest BCUT2D eigenvalue weighted by Gasteiger charge is -2.05. The Kier molecular flexibility index (Phi) is 2.99. The van der Waals surface area contributed by atoms with E-state index in [9.17, 15) is 4.39 Å². The molecule has 1 heterocycles. The van der Waals surface area contributed by atoms with Gasteiger partial charge in [0.05, 0.1) is 27.6 Å². The molecule has 1 aromatic carbocycles. The molecule has 0 aliphatic rings. The van der Waals surface area contributed by atoms with E-state index in [4.69, 9.17) is 28.9 Å². The molecule has 0 aliphatic carbocycles. The molecule has 2 N–H and O–H groups in total. The van der Waals surface area contributed by atoms with Crippen LogP contribution in [0.15, 0.2) is 30.5 Å². The number of benzene rings is 1. The van der Waals surface area contributed by atoms with Gasteiger partial charge in [-0.25, -0.2) is 4.39 Å². The van der Waals surface area contributed by atoms with Gasteiger partial charge in [0, 0.05) is 11.6 Å². The molecule has 0 saturated carbocycles. The molecule has 2 aromatic rings. The van der Waals surface area contributed by atoms with Crippen LogP contribution in [-0.4, -0.2) is 4.98 Å². The summed E-state index contributed by atoms with van der Waals surface area (Å²) in [5.74, 6) is -0.471. The number of nitrogens with two attached hydrogens (primary N) is 1. The third kappa shape index (κ3) is 2.10. The normalized spacial score (nSPS) is 10.4. The molecule has 1 aromatic heterocycles. The molecule has 0 fully saturated rings. The summed E-state index contributed by atoms with van der Waals surface area (Å²) in [6, 6.07) is 6.22. The Bertz CT molecular complexity index is 544. The number of halogens is 3. The predicted octanol–water partition coefficient (Wildman–Crippen LogP) is 3.78. The molecular formula is C11H7Cl2FN2. The SMILES string of the molecule is Nc1cc(F)cnc1-c1ccc(Cl)c(Cl)c1. The molecule has 0 bridgehead atoms. The van der Waals surface area contributed by atoms with E-state index in [0.29, 0.717) is 21.3 Å². The van der Waals surface area contributed by atoms with Crippen LogP contribution in [0.2, 0.25) is 10.0 Å². The number of rotatable bonds is 1. The van der Waals surface area contributed by atoms with Gasteiger partial charge >= 0.3 is 0 Å². The van der Waals surface area contributed by atoms with E-state index in [-0.39, 0.29) is 5.69 Å². The van der Waals surface area contributed by atoms with Gasteiger partial charge < -0.3 is 5.73 Å². The third-order valence-electron chi connectivity index (χ3n) is 2.08. The van der Waals surface area contributed by atoms with Crippen molar-refractivity contribution in [2.75, 3.05) is 5.73 Å². The number of nitrogen functional groups attached to an aromatic ring is 1. The number of hydrogen-bond donors (Lipinski definition) is 1. The highest BCUT2D eigenvalue weighted by atomic mass is 35.5. The van der Waals surface area contributed by atoms with Gasteiger partial charge in [-0.05, 0) is 12.1 Å². The molecule has 0 saturated heterocycles. The van der Waals surface area contributed by atoms with Crippen molar-refractivity contribution in [3.63, 3.8) is 0 Å². The lowest BCUT2D eigenvalue weighted by atomic mass is 10.1. The summed E-state index contributed by atoms with van der Waals surface area (Å²) in [6.07, 6.45) is 1.11. The highest BCUT2D eigenvalue weighted by molar-refractivity contribution is 6.42. The van der Waals surface area contributed by atoms with Crippen molar-refractivity contribution < 1.29 is 4.39 Å². The summed E-state index contributed by atoms with van der Waals surface area (Å²) >= 11 is 11.7. The zero-order chi connectivity index (χ0) is 11.7. The summed E-state index contributed by atoms with van der Waals surface area (Å²) in [6.45, 7) is 0. The number of nitrogens with zero attached hydrogens (tertiary/aromatic N) is 1. The van der Waals surface area contributed by atoms with Gasteiger partial charge in [0.15, 0.2) is 0 Å². The average Bonchev–Trinajstić information content (AvgIpc) is 2.22. The second-order valence-corrected chi connectivity index (χ2v) is 4.03. The maximum atomic E-state index is 12.8. The molecule has 2 rings (SSSR count). The fourth-order valence-corrected chi connectivity index (χ4v) is 1.64. The standard InChI is InChI=1S/C11H7Cl2FN2/c12-8-2-1-6(3-9(8)13)11-10(15)4-7(14)5-16-11/h1-5H,15H2. The molecule has 5 heteroatoms. The highest BCUT2D eigenvalue weighted by Crippen LogP contribution is 2.30. The zero-order valence-corrected chi connectivity index (χ0v) is 9.56. The summed E-state index contributed by atoms with van der Waals surface area (Å²) in [4.78, 5) is 3.92. The van der Waals surface area contributed by atoms with Crippen molar-refractivity contribution in [2.45, 2.75) is 0 Å². The summed E-state index contributed by atoms with van der Waals surface area (Å²) in [5, 5.41) is 0.857. The first-order valence-electron chi connectivity index (χ1n) is 4.44. The van der Waals surface area contributed by atoms with Crippen molar-refractivity contribution in [3.8, 4) is 11.3 Å². The van der Waals surface area contributed by atoms with Crippen molar-refractivity contribution in [2.24, 2.45) is 0 Å². The Hall–Kier alpha value is -1.32. The Balaban J connectivity index is 2.54. The van der Waals surface area contributed by atoms with Crippen LogP contribution in [-0.2, 0) is 0 Å². The fraction of sp³-hybridized carbons (Fsp3) is 0. The topological polar surface area (TPSA) is 38.9 Å². The van der Waals surface area contributed by atoms with E-state index in [1.165, 1.54) is 6.07 Å². The second-order valence-electron chi connectivity index (χ2n) is 3.22. The first kappa shape index (κ1) is 11.2. The minimum absolute atomic E-state index is 0.262. The summed E-state index contributed by atoms with van der Waals surface area (Å²) in [5.41, 5.74) is 7.11. The maximum Gasteiger partial charge on any atom is 0.143 e. The Morgan fingerprint density at radius 2 is 1.88 bits per heavy atom. The minimum Gasteiger partial charge on any atom is -0.397 e. The molecule has 0 unspecified atom stereocenters. The first-order chi connectivity index (χ1) is 7.58. The van der Waals surface area contributed by atoms with Crippen molar-refractivity contribution >= 4 is 28.9 Å². The van der Waals surface area contributed by atoms with Crippen LogP contribution in [0.5, 0.6) is 0 Å². The van der Waals surface area contributed by atoms with Crippen molar-refractivity contribution in [1.29, 1.82) is 0 Å². The third-order valence-corrected chi connectivity index (χ3v) is 2.82. The van der Waals surface area contributed by atoms with Crippen molar-refractivity contribution in [1.82, 2.24) is 4.98 Å². The Labute approximate surface area is 102 Å². The lowest BCUT2D eigenvalue weighted by Crippen LogP contribution is -1.94. The van der Waals surface area contributed by atoms with Crippen molar-refractivity contribution in [3.05, 3.63) is 46.3 Å². The number of anilines is 1. The second kappa shape index (κ2) is 4.28. The average molecular weight is 257 g/mol. The molecule has 82 valence electrons. The molecule has 0 amide bonds. The van der Waals surface area contributed by atoms with Crippen LogP contribution < -0.4 is 5.73 Å². The Morgan fingerprint density at radius 1 is 1.12 bits per heavy atom. The molecule has 0 aliphatic heterocycles. The Morgan fingerprint density at radius 3 is 2.50 bits per heavy atom. The molecule has 0 radical (unpaired) electrons. The lowest BCUT2D eigenvalue weighted by molar-refractivity contribution is 0.622. The number of aromatic nitrogens is 1.